The molecule has 0 radical (unpaired) electrons. The van der Waals surface area contributed by atoms with Crippen LogP contribution in [0, 0.1) is 11.7 Å². The van der Waals surface area contributed by atoms with Crippen LogP contribution in [-0.2, 0) is 4.74 Å². The number of nitrogens with one attached hydrogen (secondary N) is 4. The van der Waals surface area contributed by atoms with E-state index in [0.29, 0.717) is 23.1 Å². The lowest BCUT2D eigenvalue weighted by atomic mass is 9.83. The Morgan fingerprint density at radius 2 is 2.00 bits per heavy atom. The van der Waals surface area contributed by atoms with Crippen LogP contribution >= 0.6 is 0 Å². The zero-order valence-electron chi connectivity index (χ0n) is 17.8. The third kappa shape index (κ3) is 4.61. The van der Waals surface area contributed by atoms with Gasteiger partial charge in [-0.3, -0.25) is 15.0 Å². The number of hydrogen-bond donors (Lipinski definition) is 4. The Labute approximate surface area is 185 Å². The zero-order valence-corrected chi connectivity index (χ0v) is 17.8. The molecule has 5 rings (SSSR count). The fraction of sp³-hybridized carbons (Fsp3) is 0.500. The van der Waals surface area contributed by atoms with Gasteiger partial charge < -0.3 is 20.7 Å². The van der Waals surface area contributed by atoms with Gasteiger partial charge in [-0.15, -0.1) is 0 Å². The first-order valence-corrected chi connectivity index (χ1v) is 11.2. The first kappa shape index (κ1) is 20.9. The highest BCUT2D eigenvalue weighted by Crippen LogP contribution is 2.31. The average molecular weight is 442 g/mol. The first-order valence-electron chi connectivity index (χ1n) is 11.2. The van der Waals surface area contributed by atoms with Gasteiger partial charge >= 0.3 is 6.03 Å². The van der Waals surface area contributed by atoms with Crippen LogP contribution in [0.15, 0.2) is 35.5 Å². The number of carbonyl (C=O) groups is 1. The molecule has 0 bridgehead atoms. The van der Waals surface area contributed by atoms with E-state index in [-0.39, 0.29) is 17.8 Å². The number of H-pyrrole nitrogens is 1. The molecule has 10 heteroatoms. The molecule has 2 unspecified atom stereocenters. The van der Waals surface area contributed by atoms with Gasteiger partial charge in [0.05, 0.1) is 42.9 Å². The van der Waals surface area contributed by atoms with Gasteiger partial charge in [0, 0.05) is 19.6 Å². The number of hydrogen-bond acceptors (Lipinski definition) is 6. The number of rotatable bonds is 5. The van der Waals surface area contributed by atoms with Gasteiger partial charge in [-0.2, -0.15) is 5.10 Å². The molecule has 1 saturated heterocycles. The van der Waals surface area contributed by atoms with Gasteiger partial charge in [0.1, 0.15) is 17.3 Å². The summed E-state index contributed by atoms with van der Waals surface area (Å²) >= 11 is 0. The van der Waals surface area contributed by atoms with Crippen LogP contribution < -0.4 is 16.0 Å². The van der Waals surface area contributed by atoms with E-state index in [9.17, 15) is 9.18 Å². The van der Waals surface area contributed by atoms with E-state index in [1.54, 1.807) is 12.1 Å². The molecule has 3 heterocycles. The van der Waals surface area contributed by atoms with Crippen molar-refractivity contribution in [3.05, 3.63) is 42.0 Å². The molecule has 1 saturated carbocycles. The van der Waals surface area contributed by atoms with Crippen LogP contribution in [0.3, 0.4) is 0 Å². The summed E-state index contributed by atoms with van der Waals surface area (Å²) in [4.78, 5) is 19.7. The van der Waals surface area contributed by atoms with Crippen molar-refractivity contribution >= 4 is 23.2 Å². The Bertz CT molecular complexity index is 988. The summed E-state index contributed by atoms with van der Waals surface area (Å²) in [6.45, 7) is 4.78. The first-order chi connectivity index (χ1) is 15.7. The highest BCUT2D eigenvalue weighted by molar-refractivity contribution is 6.08. The van der Waals surface area contributed by atoms with Crippen molar-refractivity contribution in [3.63, 3.8) is 0 Å². The smallest absolute Gasteiger partial charge is 0.323 e. The Balaban J connectivity index is 1.19. The summed E-state index contributed by atoms with van der Waals surface area (Å²) in [6.07, 6.45) is 4.81. The predicted molar refractivity (Wildman–Crippen MR) is 119 cm³/mol. The van der Waals surface area contributed by atoms with Crippen molar-refractivity contribution in [1.82, 2.24) is 20.4 Å². The van der Waals surface area contributed by atoms with Crippen LogP contribution in [0.1, 0.15) is 25.0 Å². The minimum atomic E-state index is -0.542. The van der Waals surface area contributed by atoms with Crippen molar-refractivity contribution < 1.29 is 13.9 Å². The van der Waals surface area contributed by atoms with Gasteiger partial charge in [0.15, 0.2) is 0 Å². The van der Waals surface area contributed by atoms with Crippen LogP contribution in [0.2, 0.25) is 0 Å². The van der Waals surface area contributed by atoms with E-state index >= 15 is 0 Å². The lowest BCUT2D eigenvalue weighted by Crippen LogP contribution is -2.45. The van der Waals surface area contributed by atoms with Gasteiger partial charge in [-0.25, -0.2) is 9.18 Å². The van der Waals surface area contributed by atoms with E-state index in [1.807, 2.05) is 0 Å². The number of benzene rings is 1. The molecule has 4 N–H and O–H groups in total. The highest BCUT2D eigenvalue weighted by Gasteiger charge is 2.37. The van der Waals surface area contributed by atoms with E-state index < -0.39 is 11.8 Å². The maximum absolute atomic E-state index is 13.8. The molecule has 3 atom stereocenters. The number of aromatic nitrogens is 2. The monoisotopic (exact) mass is 441 g/mol. The Kier molecular flexibility index (Phi) is 6.04. The number of para-hydroxylation sites is 1. The lowest BCUT2D eigenvalue weighted by molar-refractivity contribution is 0.0266. The molecule has 2 aromatic rings. The number of nitrogens with zero attached hydrogens (tertiary/aromatic N) is 3. The number of fused-ring (bicyclic) bond motifs is 1. The Morgan fingerprint density at radius 1 is 1.19 bits per heavy atom. The molecular weight excluding hydrogens is 413 g/mol. The minimum Gasteiger partial charge on any atom is -0.379 e. The SMILES string of the molecule is O=C(Nc1ccccc1F)Nc1cn[nH]c1C1=NC2CCC(CN3CCOCC3)C[C@@H]2N1. The third-order valence-electron chi connectivity index (χ3n) is 6.41. The number of amidine groups is 1. The number of carbonyl (C=O) groups excluding carboxylic acids is 1. The Morgan fingerprint density at radius 3 is 2.84 bits per heavy atom. The molecule has 32 heavy (non-hydrogen) atoms. The summed E-state index contributed by atoms with van der Waals surface area (Å²) < 4.78 is 19.3. The van der Waals surface area contributed by atoms with Crippen LogP contribution in [0.5, 0.6) is 0 Å². The molecule has 1 aromatic heterocycles. The van der Waals surface area contributed by atoms with Crippen LogP contribution in [-0.4, -0.2) is 71.9 Å². The summed E-state index contributed by atoms with van der Waals surface area (Å²) in [7, 11) is 0. The second-order valence-electron chi connectivity index (χ2n) is 8.61. The van der Waals surface area contributed by atoms with Gasteiger partial charge in [-0.05, 0) is 37.3 Å². The quantitative estimate of drug-likeness (QED) is 0.570. The molecule has 3 aliphatic rings. The van der Waals surface area contributed by atoms with E-state index in [0.717, 1.165) is 52.1 Å². The largest absolute Gasteiger partial charge is 0.379 e. The standard InChI is InChI=1S/C22H28FN7O2/c23-15-3-1-2-4-16(15)27-22(31)28-19-12-24-29-20(19)21-25-17-6-5-14(11-18(17)26-21)13-30-7-9-32-10-8-30/h1-4,12,14,17-18H,5-11,13H2,(H,24,29)(H,25,26)(H2,27,28,31)/t14?,17?,18-/m0/s1. The van der Waals surface area contributed by atoms with Gasteiger partial charge in [0.25, 0.3) is 0 Å². The molecule has 1 aliphatic carbocycles. The number of anilines is 2. The van der Waals surface area contributed by atoms with E-state index in [1.165, 1.54) is 18.3 Å². The average Bonchev–Trinajstić information content (AvgIpc) is 3.42. The molecule has 2 fully saturated rings. The zero-order chi connectivity index (χ0) is 21.9. The maximum atomic E-state index is 13.8. The van der Waals surface area contributed by atoms with Crippen LogP contribution in [0.4, 0.5) is 20.6 Å². The van der Waals surface area contributed by atoms with Gasteiger partial charge in [0.2, 0.25) is 0 Å². The molecule has 9 nitrogen and oxygen atoms in total. The summed E-state index contributed by atoms with van der Waals surface area (Å²) in [5.41, 5.74) is 1.24. The maximum Gasteiger partial charge on any atom is 0.323 e. The van der Waals surface area contributed by atoms with Gasteiger partial charge in [-0.1, -0.05) is 12.1 Å². The fourth-order valence-corrected chi connectivity index (χ4v) is 4.78. The van der Waals surface area contributed by atoms with Crippen molar-refractivity contribution in [1.29, 1.82) is 0 Å². The number of urea groups is 1. The molecule has 0 spiro atoms. The normalized spacial score (nSPS) is 25.5. The Hall–Kier alpha value is -2.98. The third-order valence-corrected chi connectivity index (χ3v) is 6.41. The van der Waals surface area contributed by atoms with E-state index in [2.05, 4.69) is 31.0 Å². The summed E-state index contributed by atoms with van der Waals surface area (Å²) in [5.74, 6) is 0.862. The number of halogens is 1. The molecular formula is C22H28FN7O2. The molecule has 2 amide bonds. The lowest BCUT2D eigenvalue weighted by Gasteiger charge is -2.35. The number of aliphatic imine (C=N–C) groups is 1. The summed E-state index contributed by atoms with van der Waals surface area (Å²) in [6, 6.07) is 6.01. The number of aromatic amines is 1. The fourth-order valence-electron chi connectivity index (χ4n) is 4.78. The van der Waals surface area contributed by atoms with Crippen molar-refractivity contribution in [3.8, 4) is 0 Å². The van der Waals surface area contributed by atoms with Crippen molar-refractivity contribution in [2.24, 2.45) is 10.9 Å². The predicted octanol–water partition coefficient (Wildman–Crippen LogP) is 2.41. The molecule has 2 aliphatic heterocycles. The number of morpholine rings is 1. The topological polar surface area (TPSA) is 107 Å². The second-order valence-corrected chi connectivity index (χ2v) is 8.61. The second kappa shape index (κ2) is 9.25. The minimum absolute atomic E-state index is 0.115. The van der Waals surface area contributed by atoms with E-state index in [4.69, 9.17) is 9.73 Å². The summed E-state index contributed by atoms with van der Waals surface area (Å²) in [5, 5.41) is 15.8. The highest BCUT2D eigenvalue weighted by atomic mass is 19.1. The van der Waals surface area contributed by atoms with Crippen molar-refractivity contribution in [2.45, 2.75) is 31.3 Å². The number of amides is 2. The molecule has 170 valence electrons. The van der Waals surface area contributed by atoms with Crippen molar-refractivity contribution in [2.75, 3.05) is 43.5 Å². The molecule has 1 aromatic carbocycles. The number of ether oxygens (including phenoxy) is 1. The van der Waals surface area contributed by atoms with Crippen LogP contribution in [0.25, 0.3) is 0 Å².